The average molecular weight is 239 g/mol. The molecule has 4 heteroatoms. The van der Waals surface area contributed by atoms with E-state index < -0.39 is 11.5 Å². The van der Waals surface area contributed by atoms with E-state index in [-0.39, 0.29) is 5.91 Å². The Balaban J connectivity index is 1.84. The molecule has 2 aliphatic carbocycles. The lowest BCUT2D eigenvalue weighted by Crippen LogP contribution is -2.50. The highest BCUT2D eigenvalue weighted by Gasteiger charge is 2.40. The number of carbonyl (C=O) groups is 2. The highest BCUT2D eigenvalue weighted by molar-refractivity contribution is 5.86. The molecule has 2 aliphatic rings. The molecule has 0 aromatic rings. The molecule has 2 rings (SSSR count). The minimum absolute atomic E-state index is 0.116. The van der Waals surface area contributed by atoms with Crippen molar-refractivity contribution >= 4 is 11.9 Å². The Morgan fingerprint density at radius 3 is 2.47 bits per heavy atom. The first-order valence-corrected chi connectivity index (χ1v) is 6.43. The van der Waals surface area contributed by atoms with Gasteiger partial charge in [-0.15, -0.1) is 0 Å². The Hall–Kier alpha value is -1.06. The summed E-state index contributed by atoms with van der Waals surface area (Å²) in [4.78, 5) is 22.7. The van der Waals surface area contributed by atoms with Gasteiger partial charge in [0.1, 0.15) is 5.54 Å². The fourth-order valence-electron chi connectivity index (χ4n) is 3.32. The number of nitrogens with one attached hydrogen (secondary N) is 1. The number of carbonyl (C=O) groups excluding carboxylic acids is 1. The SMILES string of the molecule is CC(C)(NC(=O)CC1CC2CCC1C2)C(=O)O. The first-order chi connectivity index (χ1) is 7.88. The summed E-state index contributed by atoms with van der Waals surface area (Å²) in [5, 5.41) is 11.5. The lowest BCUT2D eigenvalue weighted by Gasteiger charge is -2.25. The van der Waals surface area contributed by atoms with Gasteiger partial charge in [-0.2, -0.15) is 0 Å². The molecule has 4 nitrogen and oxygen atoms in total. The number of carboxylic acids is 1. The number of aliphatic carboxylic acids is 1. The maximum Gasteiger partial charge on any atom is 0.328 e. The van der Waals surface area contributed by atoms with E-state index in [2.05, 4.69) is 5.32 Å². The normalized spacial score (nSPS) is 31.5. The molecule has 17 heavy (non-hydrogen) atoms. The van der Waals surface area contributed by atoms with Crippen LogP contribution < -0.4 is 5.32 Å². The molecule has 3 atom stereocenters. The molecule has 2 N–H and O–H groups in total. The molecule has 1 amide bonds. The van der Waals surface area contributed by atoms with E-state index in [1.54, 1.807) is 0 Å². The van der Waals surface area contributed by atoms with Gasteiger partial charge in [-0.3, -0.25) is 4.79 Å². The number of fused-ring (bicyclic) bond motifs is 2. The molecule has 0 heterocycles. The van der Waals surface area contributed by atoms with Crippen molar-refractivity contribution in [2.75, 3.05) is 0 Å². The summed E-state index contributed by atoms with van der Waals surface area (Å²) in [7, 11) is 0. The quantitative estimate of drug-likeness (QED) is 0.786. The van der Waals surface area contributed by atoms with Gasteiger partial charge in [0.25, 0.3) is 0 Å². The summed E-state index contributed by atoms with van der Waals surface area (Å²) in [5.74, 6) is 0.913. The van der Waals surface area contributed by atoms with E-state index in [0.29, 0.717) is 18.3 Å². The molecular formula is C13H21NO3. The van der Waals surface area contributed by atoms with E-state index in [1.807, 2.05) is 0 Å². The van der Waals surface area contributed by atoms with Crippen molar-refractivity contribution in [3.8, 4) is 0 Å². The second-order valence-electron chi connectivity index (χ2n) is 6.12. The Kier molecular flexibility index (Phi) is 3.15. The molecule has 96 valence electrons. The van der Waals surface area contributed by atoms with Crippen molar-refractivity contribution < 1.29 is 14.7 Å². The van der Waals surface area contributed by atoms with Gasteiger partial charge in [0.15, 0.2) is 0 Å². The fraction of sp³-hybridized carbons (Fsp3) is 0.846. The van der Waals surface area contributed by atoms with E-state index >= 15 is 0 Å². The van der Waals surface area contributed by atoms with E-state index in [4.69, 9.17) is 5.11 Å². The van der Waals surface area contributed by atoms with E-state index in [9.17, 15) is 9.59 Å². The van der Waals surface area contributed by atoms with Crippen LogP contribution in [0.3, 0.4) is 0 Å². The molecule has 0 aromatic carbocycles. The van der Waals surface area contributed by atoms with Crippen LogP contribution in [0.25, 0.3) is 0 Å². The third kappa shape index (κ3) is 2.61. The first kappa shape index (κ1) is 12.4. The number of hydrogen-bond acceptors (Lipinski definition) is 2. The standard InChI is InChI=1S/C13H21NO3/c1-13(2,12(16)17)14-11(15)7-10-6-8-3-4-9(10)5-8/h8-10H,3-7H2,1-2H3,(H,14,15)(H,16,17). The molecule has 0 aromatic heterocycles. The molecule has 2 bridgehead atoms. The van der Waals surface area contributed by atoms with Crippen LogP contribution in [-0.2, 0) is 9.59 Å². The van der Waals surface area contributed by atoms with Gasteiger partial charge in [0.05, 0.1) is 0 Å². The molecule has 0 radical (unpaired) electrons. The van der Waals surface area contributed by atoms with Gasteiger partial charge in [-0.25, -0.2) is 4.79 Å². The number of amides is 1. The van der Waals surface area contributed by atoms with Crippen LogP contribution in [0.5, 0.6) is 0 Å². The number of rotatable bonds is 4. The van der Waals surface area contributed by atoms with Crippen LogP contribution >= 0.6 is 0 Å². The van der Waals surface area contributed by atoms with Gasteiger partial charge in [-0.1, -0.05) is 6.42 Å². The predicted molar refractivity (Wildman–Crippen MR) is 63.4 cm³/mol. The molecule has 2 fully saturated rings. The maximum atomic E-state index is 11.8. The second-order valence-corrected chi connectivity index (χ2v) is 6.12. The molecule has 0 spiro atoms. The zero-order valence-corrected chi connectivity index (χ0v) is 10.5. The monoisotopic (exact) mass is 239 g/mol. The summed E-state index contributed by atoms with van der Waals surface area (Å²) in [5.41, 5.74) is -1.16. The molecule has 3 unspecified atom stereocenters. The third-order valence-electron chi connectivity index (χ3n) is 4.32. The Labute approximate surface area is 102 Å². The van der Waals surface area contributed by atoms with Crippen LogP contribution in [0.4, 0.5) is 0 Å². The minimum atomic E-state index is -1.16. The molecular weight excluding hydrogens is 218 g/mol. The highest BCUT2D eigenvalue weighted by atomic mass is 16.4. The van der Waals surface area contributed by atoms with Crippen molar-refractivity contribution in [2.45, 2.75) is 51.5 Å². The fourth-order valence-corrected chi connectivity index (χ4v) is 3.32. The zero-order chi connectivity index (χ0) is 12.6. The summed E-state index contributed by atoms with van der Waals surface area (Å²) in [6, 6.07) is 0. The zero-order valence-electron chi connectivity index (χ0n) is 10.5. The first-order valence-electron chi connectivity index (χ1n) is 6.43. The van der Waals surface area contributed by atoms with Crippen molar-refractivity contribution in [1.82, 2.24) is 5.32 Å². The summed E-state index contributed by atoms with van der Waals surface area (Å²) < 4.78 is 0. The predicted octanol–water partition coefficient (Wildman–Crippen LogP) is 1.79. The lowest BCUT2D eigenvalue weighted by atomic mass is 9.86. The van der Waals surface area contributed by atoms with Gasteiger partial charge in [0, 0.05) is 6.42 Å². The van der Waals surface area contributed by atoms with Crippen molar-refractivity contribution in [2.24, 2.45) is 17.8 Å². The number of hydrogen-bond donors (Lipinski definition) is 2. The Morgan fingerprint density at radius 1 is 1.29 bits per heavy atom. The van der Waals surface area contributed by atoms with Crippen molar-refractivity contribution in [3.63, 3.8) is 0 Å². The van der Waals surface area contributed by atoms with Gasteiger partial charge in [-0.05, 0) is 50.9 Å². The van der Waals surface area contributed by atoms with Crippen LogP contribution in [0, 0.1) is 17.8 Å². The Morgan fingerprint density at radius 2 is 2.00 bits per heavy atom. The van der Waals surface area contributed by atoms with Gasteiger partial charge >= 0.3 is 5.97 Å². The minimum Gasteiger partial charge on any atom is -0.480 e. The average Bonchev–Trinajstić information content (AvgIpc) is 2.77. The van der Waals surface area contributed by atoms with Crippen LogP contribution in [0.15, 0.2) is 0 Å². The van der Waals surface area contributed by atoms with Crippen LogP contribution in [-0.4, -0.2) is 22.5 Å². The Bertz CT molecular complexity index is 338. The summed E-state index contributed by atoms with van der Waals surface area (Å²) in [6.07, 6.45) is 5.51. The van der Waals surface area contributed by atoms with Crippen LogP contribution in [0.2, 0.25) is 0 Å². The van der Waals surface area contributed by atoms with Gasteiger partial charge in [0.2, 0.25) is 5.91 Å². The second kappa shape index (κ2) is 4.31. The topological polar surface area (TPSA) is 66.4 Å². The number of carboxylic acid groups (broad SMARTS) is 1. The lowest BCUT2D eigenvalue weighted by molar-refractivity contribution is -0.146. The highest BCUT2D eigenvalue weighted by Crippen LogP contribution is 2.49. The van der Waals surface area contributed by atoms with E-state index in [0.717, 1.165) is 12.3 Å². The summed E-state index contributed by atoms with van der Waals surface area (Å²) in [6.45, 7) is 3.04. The molecule has 0 aliphatic heterocycles. The molecule has 0 saturated heterocycles. The largest absolute Gasteiger partial charge is 0.480 e. The third-order valence-corrected chi connectivity index (χ3v) is 4.32. The van der Waals surface area contributed by atoms with Crippen molar-refractivity contribution in [3.05, 3.63) is 0 Å². The summed E-state index contributed by atoms with van der Waals surface area (Å²) >= 11 is 0. The maximum absolute atomic E-state index is 11.8. The molecule has 2 saturated carbocycles. The van der Waals surface area contributed by atoms with Crippen LogP contribution in [0.1, 0.15) is 46.0 Å². The smallest absolute Gasteiger partial charge is 0.328 e. The van der Waals surface area contributed by atoms with E-state index in [1.165, 1.54) is 33.1 Å². The van der Waals surface area contributed by atoms with Crippen molar-refractivity contribution in [1.29, 1.82) is 0 Å². The van der Waals surface area contributed by atoms with Gasteiger partial charge < -0.3 is 10.4 Å².